The Morgan fingerprint density at radius 2 is 1.85 bits per heavy atom. The van der Waals surface area contributed by atoms with Gasteiger partial charge in [0.05, 0.1) is 10.2 Å². The van der Waals surface area contributed by atoms with Crippen molar-refractivity contribution in [1.82, 2.24) is 0 Å². The maximum Gasteiger partial charge on any atom is 0.149 e. The monoisotopic (exact) mass is 249 g/mol. The summed E-state index contributed by atoms with van der Waals surface area (Å²) < 4.78 is 26.1. The first-order valence-electron chi connectivity index (χ1n) is 3.92. The van der Waals surface area contributed by atoms with Gasteiger partial charge < -0.3 is 5.32 Å². The molecule has 0 fully saturated rings. The molecule has 0 saturated heterocycles. The van der Waals surface area contributed by atoms with Crippen LogP contribution in [0.3, 0.4) is 0 Å². The van der Waals surface area contributed by atoms with E-state index in [1.807, 2.05) is 13.8 Å². The SMILES string of the molecule is CC(C)Nc1cc(Br)c(F)cc1F. The predicted octanol–water partition coefficient (Wildman–Crippen LogP) is 3.55. The number of hydrogen-bond donors (Lipinski definition) is 1. The van der Waals surface area contributed by atoms with Crippen molar-refractivity contribution in [2.45, 2.75) is 19.9 Å². The van der Waals surface area contributed by atoms with Crippen LogP contribution in [-0.4, -0.2) is 6.04 Å². The van der Waals surface area contributed by atoms with Crippen LogP contribution in [0.4, 0.5) is 14.5 Å². The van der Waals surface area contributed by atoms with Gasteiger partial charge in [-0.1, -0.05) is 0 Å². The highest BCUT2D eigenvalue weighted by molar-refractivity contribution is 9.10. The van der Waals surface area contributed by atoms with Crippen LogP contribution in [0.5, 0.6) is 0 Å². The van der Waals surface area contributed by atoms with Crippen LogP contribution >= 0.6 is 15.9 Å². The first kappa shape index (κ1) is 10.4. The molecule has 0 bridgehead atoms. The molecule has 1 nitrogen and oxygen atoms in total. The topological polar surface area (TPSA) is 12.0 Å². The standard InChI is InChI=1S/C9H10BrF2N/c1-5(2)13-9-3-6(10)7(11)4-8(9)12/h3-5,13H,1-2H3. The molecule has 1 aromatic rings. The number of rotatable bonds is 2. The third kappa shape index (κ3) is 2.66. The van der Waals surface area contributed by atoms with Gasteiger partial charge in [0.15, 0.2) is 0 Å². The summed E-state index contributed by atoms with van der Waals surface area (Å²) in [5, 5.41) is 2.87. The van der Waals surface area contributed by atoms with Gasteiger partial charge in [-0.15, -0.1) is 0 Å². The molecule has 0 aliphatic heterocycles. The number of benzene rings is 1. The van der Waals surface area contributed by atoms with Crippen LogP contribution in [0.2, 0.25) is 0 Å². The Morgan fingerprint density at radius 1 is 1.23 bits per heavy atom. The molecular weight excluding hydrogens is 240 g/mol. The van der Waals surface area contributed by atoms with Gasteiger partial charge in [0.25, 0.3) is 0 Å². The van der Waals surface area contributed by atoms with E-state index in [0.29, 0.717) is 5.69 Å². The molecular formula is C9H10BrF2N. The van der Waals surface area contributed by atoms with Crippen molar-refractivity contribution in [1.29, 1.82) is 0 Å². The van der Waals surface area contributed by atoms with Gasteiger partial charge >= 0.3 is 0 Å². The number of nitrogens with one attached hydrogen (secondary N) is 1. The van der Waals surface area contributed by atoms with Gasteiger partial charge in [0.1, 0.15) is 11.6 Å². The molecule has 0 saturated carbocycles. The van der Waals surface area contributed by atoms with E-state index in [1.54, 1.807) is 0 Å². The van der Waals surface area contributed by atoms with Gasteiger partial charge in [-0.2, -0.15) is 0 Å². The molecule has 0 aromatic heterocycles. The zero-order chi connectivity index (χ0) is 10.0. The molecule has 0 spiro atoms. The molecule has 0 aliphatic rings. The number of halogens is 3. The van der Waals surface area contributed by atoms with E-state index >= 15 is 0 Å². The van der Waals surface area contributed by atoms with Gasteiger partial charge in [-0.05, 0) is 35.8 Å². The van der Waals surface area contributed by atoms with Crippen LogP contribution in [0.1, 0.15) is 13.8 Å². The smallest absolute Gasteiger partial charge is 0.149 e. The van der Waals surface area contributed by atoms with E-state index in [-0.39, 0.29) is 10.5 Å². The highest BCUT2D eigenvalue weighted by Crippen LogP contribution is 2.23. The lowest BCUT2D eigenvalue weighted by Gasteiger charge is -2.11. The minimum absolute atomic E-state index is 0.117. The summed E-state index contributed by atoms with van der Waals surface area (Å²) in [7, 11) is 0. The molecule has 0 unspecified atom stereocenters. The Hall–Kier alpha value is -0.640. The van der Waals surface area contributed by atoms with Crippen molar-refractivity contribution in [2.24, 2.45) is 0 Å². The molecule has 0 amide bonds. The number of anilines is 1. The second-order valence-electron chi connectivity index (χ2n) is 3.05. The van der Waals surface area contributed by atoms with Gasteiger partial charge in [-0.25, -0.2) is 8.78 Å². The fourth-order valence-corrected chi connectivity index (χ4v) is 1.29. The van der Waals surface area contributed by atoms with Crippen molar-refractivity contribution in [3.63, 3.8) is 0 Å². The van der Waals surface area contributed by atoms with Crippen molar-refractivity contribution in [3.8, 4) is 0 Å². The van der Waals surface area contributed by atoms with Crippen LogP contribution < -0.4 is 5.32 Å². The van der Waals surface area contributed by atoms with Crippen molar-refractivity contribution >= 4 is 21.6 Å². The fourth-order valence-electron chi connectivity index (χ4n) is 0.944. The first-order valence-corrected chi connectivity index (χ1v) is 4.71. The average Bonchev–Trinajstić information content (AvgIpc) is 1.99. The average molecular weight is 250 g/mol. The molecule has 0 aliphatic carbocycles. The highest BCUT2D eigenvalue weighted by atomic mass is 79.9. The summed E-state index contributed by atoms with van der Waals surface area (Å²) in [6, 6.07) is 2.37. The molecule has 0 heterocycles. The van der Waals surface area contributed by atoms with Crippen molar-refractivity contribution < 1.29 is 8.78 Å². The third-order valence-electron chi connectivity index (χ3n) is 1.45. The molecule has 4 heteroatoms. The highest BCUT2D eigenvalue weighted by Gasteiger charge is 2.08. The summed E-state index contributed by atoms with van der Waals surface area (Å²) in [5.41, 5.74) is 0.309. The lowest BCUT2D eigenvalue weighted by Crippen LogP contribution is -2.11. The molecule has 1 N–H and O–H groups in total. The van der Waals surface area contributed by atoms with E-state index in [0.717, 1.165) is 6.07 Å². The van der Waals surface area contributed by atoms with E-state index in [2.05, 4.69) is 21.2 Å². The van der Waals surface area contributed by atoms with Crippen LogP contribution in [-0.2, 0) is 0 Å². The van der Waals surface area contributed by atoms with E-state index < -0.39 is 11.6 Å². The normalized spacial score (nSPS) is 10.6. The molecule has 1 aromatic carbocycles. The number of hydrogen-bond acceptors (Lipinski definition) is 1. The maximum atomic E-state index is 13.1. The largest absolute Gasteiger partial charge is 0.380 e. The van der Waals surface area contributed by atoms with E-state index in [4.69, 9.17) is 0 Å². The summed E-state index contributed by atoms with van der Waals surface area (Å²) in [4.78, 5) is 0. The molecule has 0 radical (unpaired) electrons. The Morgan fingerprint density at radius 3 is 2.38 bits per heavy atom. The van der Waals surface area contributed by atoms with Crippen molar-refractivity contribution in [3.05, 3.63) is 28.2 Å². The van der Waals surface area contributed by atoms with Gasteiger partial charge in [-0.3, -0.25) is 0 Å². The fraction of sp³-hybridized carbons (Fsp3) is 0.333. The Kier molecular flexibility index (Phi) is 3.25. The van der Waals surface area contributed by atoms with Gasteiger partial charge in [0.2, 0.25) is 0 Å². The molecule has 13 heavy (non-hydrogen) atoms. The lowest BCUT2D eigenvalue weighted by atomic mass is 10.2. The Labute approximate surface area is 84.3 Å². The predicted molar refractivity (Wildman–Crippen MR) is 52.8 cm³/mol. The molecule has 72 valence electrons. The minimum atomic E-state index is -0.591. The third-order valence-corrected chi connectivity index (χ3v) is 2.06. The lowest BCUT2D eigenvalue weighted by molar-refractivity contribution is 0.579. The van der Waals surface area contributed by atoms with E-state index in [9.17, 15) is 8.78 Å². The minimum Gasteiger partial charge on any atom is -0.380 e. The zero-order valence-corrected chi connectivity index (χ0v) is 8.95. The van der Waals surface area contributed by atoms with Crippen LogP contribution in [0.15, 0.2) is 16.6 Å². The van der Waals surface area contributed by atoms with Crippen molar-refractivity contribution in [2.75, 3.05) is 5.32 Å². The second kappa shape index (κ2) is 4.05. The Bertz CT molecular complexity index is 313. The Balaban J connectivity index is 3.01. The van der Waals surface area contributed by atoms with Crippen LogP contribution in [0, 0.1) is 11.6 Å². The summed E-state index contributed by atoms with van der Waals surface area (Å²) in [6.45, 7) is 3.77. The quantitative estimate of drug-likeness (QED) is 0.791. The summed E-state index contributed by atoms with van der Waals surface area (Å²) in [5.74, 6) is -1.17. The second-order valence-corrected chi connectivity index (χ2v) is 3.90. The first-order chi connectivity index (χ1) is 6.00. The summed E-state index contributed by atoms with van der Waals surface area (Å²) >= 11 is 2.99. The summed E-state index contributed by atoms with van der Waals surface area (Å²) in [6.07, 6.45) is 0. The van der Waals surface area contributed by atoms with Gasteiger partial charge in [0, 0.05) is 12.1 Å². The maximum absolute atomic E-state index is 13.1. The molecule has 0 atom stereocenters. The van der Waals surface area contributed by atoms with E-state index in [1.165, 1.54) is 6.07 Å². The molecule has 1 rings (SSSR count). The zero-order valence-electron chi connectivity index (χ0n) is 7.37. The van der Waals surface area contributed by atoms with Crippen LogP contribution in [0.25, 0.3) is 0 Å².